The first-order chi connectivity index (χ1) is 15.7. The molecule has 0 spiro atoms. The van der Waals surface area contributed by atoms with Crippen molar-refractivity contribution in [2.75, 3.05) is 31.5 Å². The Kier molecular flexibility index (Phi) is 6.19. The highest BCUT2D eigenvalue weighted by Gasteiger charge is 2.21. The summed E-state index contributed by atoms with van der Waals surface area (Å²) in [5.41, 5.74) is 3.58. The van der Waals surface area contributed by atoms with E-state index in [4.69, 9.17) is 0 Å². The summed E-state index contributed by atoms with van der Waals surface area (Å²) in [5.74, 6) is 0.760. The number of piperidine rings is 2. The summed E-state index contributed by atoms with van der Waals surface area (Å²) < 4.78 is 2.01. The number of carbonyl (C=O) groups excluding carboxylic acids is 1. The molecule has 2 N–H and O–H groups in total. The second-order valence-electron chi connectivity index (χ2n) is 9.11. The van der Waals surface area contributed by atoms with E-state index in [9.17, 15) is 4.79 Å². The first-order valence-corrected chi connectivity index (χ1v) is 11.8. The minimum Gasteiger partial charge on any atom is -0.317 e. The number of carbonyl (C=O) groups is 1. The van der Waals surface area contributed by atoms with E-state index >= 15 is 0 Å². The Morgan fingerprint density at radius 2 is 1.91 bits per heavy atom. The minimum atomic E-state index is 0.0628. The van der Waals surface area contributed by atoms with Crippen molar-refractivity contribution >= 4 is 22.5 Å². The number of anilines is 1. The lowest BCUT2D eigenvalue weighted by molar-refractivity contribution is -0.120. The number of amides is 1. The Morgan fingerprint density at radius 1 is 1.09 bits per heavy atom. The van der Waals surface area contributed by atoms with Crippen molar-refractivity contribution in [2.24, 2.45) is 13.0 Å². The van der Waals surface area contributed by atoms with Crippen molar-refractivity contribution in [1.29, 1.82) is 0 Å². The largest absolute Gasteiger partial charge is 0.317 e. The number of hydrogen-bond acceptors (Lipinski definition) is 5. The van der Waals surface area contributed by atoms with Gasteiger partial charge in [0.2, 0.25) is 5.91 Å². The molecule has 1 amide bonds. The zero-order valence-electron chi connectivity index (χ0n) is 18.8. The smallest absolute Gasteiger partial charge is 0.228 e. The first-order valence-electron chi connectivity index (χ1n) is 11.8. The van der Waals surface area contributed by atoms with Crippen LogP contribution in [-0.4, -0.2) is 51.8 Å². The monoisotopic (exact) mass is 432 g/mol. The molecule has 2 fully saturated rings. The van der Waals surface area contributed by atoms with Gasteiger partial charge >= 0.3 is 0 Å². The molecule has 0 atom stereocenters. The normalized spacial score (nSPS) is 18.2. The Bertz CT molecular complexity index is 1100. The average molecular weight is 433 g/mol. The zero-order chi connectivity index (χ0) is 21.9. The van der Waals surface area contributed by atoms with Gasteiger partial charge in [0.15, 0.2) is 0 Å². The van der Waals surface area contributed by atoms with Crippen LogP contribution in [0.5, 0.6) is 0 Å². The van der Waals surface area contributed by atoms with Crippen LogP contribution in [0.4, 0.5) is 5.82 Å². The number of nitrogens with zero attached hydrogens (tertiary/aromatic N) is 4. The van der Waals surface area contributed by atoms with Gasteiger partial charge in [-0.2, -0.15) is 5.10 Å². The van der Waals surface area contributed by atoms with Crippen molar-refractivity contribution in [1.82, 2.24) is 25.0 Å². The third-order valence-electron chi connectivity index (χ3n) is 6.88. The summed E-state index contributed by atoms with van der Waals surface area (Å²) in [6.45, 7) is 5.05. The highest BCUT2D eigenvalue weighted by molar-refractivity contribution is 5.95. The van der Waals surface area contributed by atoms with Gasteiger partial charge in [0.25, 0.3) is 0 Å². The molecule has 168 valence electrons. The maximum atomic E-state index is 12.6. The molecule has 2 saturated heterocycles. The summed E-state index contributed by atoms with van der Waals surface area (Å²) >= 11 is 0. The fraction of sp³-hybridized carbons (Fsp3) is 0.480. The SMILES string of the molecule is Cn1ncc(-c2ccc3cnc(NC(=O)C4CCNCC4)cc3c2)c1CN1CCCCC1. The number of pyridine rings is 1. The van der Waals surface area contributed by atoms with Crippen molar-refractivity contribution < 1.29 is 4.79 Å². The predicted molar refractivity (Wildman–Crippen MR) is 127 cm³/mol. The predicted octanol–water partition coefficient (Wildman–Crippen LogP) is 3.56. The minimum absolute atomic E-state index is 0.0628. The fourth-order valence-electron chi connectivity index (χ4n) is 4.91. The van der Waals surface area contributed by atoms with E-state index in [0.29, 0.717) is 5.82 Å². The van der Waals surface area contributed by atoms with E-state index < -0.39 is 0 Å². The topological polar surface area (TPSA) is 75.1 Å². The summed E-state index contributed by atoms with van der Waals surface area (Å²) in [6.07, 6.45) is 9.47. The van der Waals surface area contributed by atoms with Gasteiger partial charge in [0.05, 0.1) is 11.9 Å². The molecule has 0 saturated carbocycles. The maximum absolute atomic E-state index is 12.6. The third-order valence-corrected chi connectivity index (χ3v) is 6.88. The van der Waals surface area contributed by atoms with Gasteiger partial charge in [-0.3, -0.25) is 14.4 Å². The zero-order valence-corrected chi connectivity index (χ0v) is 18.8. The molecule has 2 aliphatic heterocycles. The lowest BCUT2D eigenvalue weighted by Gasteiger charge is -2.26. The molecule has 0 unspecified atom stereocenters. The van der Waals surface area contributed by atoms with Crippen LogP contribution >= 0.6 is 0 Å². The maximum Gasteiger partial charge on any atom is 0.228 e. The van der Waals surface area contributed by atoms with E-state index in [0.717, 1.165) is 61.9 Å². The molecule has 7 nitrogen and oxygen atoms in total. The van der Waals surface area contributed by atoms with Gasteiger partial charge in [-0.1, -0.05) is 18.6 Å². The van der Waals surface area contributed by atoms with Gasteiger partial charge < -0.3 is 10.6 Å². The number of fused-ring (bicyclic) bond motifs is 1. The second kappa shape index (κ2) is 9.38. The van der Waals surface area contributed by atoms with E-state index in [-0.39, 0.29) is 11.8 Å². The first kappa shape index (κ1) is 21.1. The number of aromatic nitrogens is 3. The number of likely N-dealkylation sites (tertiary alicyclic amines) is 1. The summed E-state index contributed by atoms with van der Waals surface area (Å²) in [5, 5.41) is 13.0. The molecule has 3 aromatic rings. The quantitative estimate of drug-likeness (QED) is 0.645. The van der Waals surface area contributed by atoms with E-state index in [1.54, 1.807) is 0 Å². The van der Waals surface area contributed by atoms with E-state index in [2.05, 4.69) is 43.8 Å². The summed E-state index contributed by atoms with van der Waals surface area (Å²) in [7, 11) is 2.03. The molecule has 1 aromatic carbocycles. The van der Waals surface area contributed by atoms with Crippen LogP contribution in [0.25, 0.3) is 21.9 Å². The molecule has 7 heteroatoms. The highest BCUT2D eigenvalue weighted by atomic mass is 16.1. The molecule has 4 heterocycles. The Balaban J connectivity index is 1.39. The Hall–Kier alpha value is -2.77. The van der Waals surface area contributed by atoms with E-state index in [1.807, 2.05) is 30.2 Å². The summed E-state index contributed by atoms with van der Waals surface area (Å²) in [6, 6.07) is 8.42. The van der Waals surface area contributed by atoms with Crippen molar-refractivity contribution in [3.63, 3.8) is 0 Å². The molecule has 0 bridgehead atoms. The van der Waals surface area contributed by atoms with Crippen molar-refractivity contribution in [3.05, 3.63) is 42.4 Å². The molecular weight excluding hydrogens is 400 g/mol. The number of benzene rings is 1. The second-order valence-corrected chi connectivity index (χ2v) is 9.11. The number of rotatable bonds is 5. The van der Waals surface area contributed by atoms with Gasteiger partial charge in [-0.15, -0.1) is 0 Å². The highest BCUT2D eigenvalue weighted by Crippen LogP contribution is 2.29. The molecule has 5 rings (SSSR count). The lowest BCUT2D eigenvalue weighted by atomic mass is 9.97. The third kappa shape index (κ3) is 4.54. The number of aryl methyl sites for hydroxylation is 1. The van der Waals surface area contributed by atoms with Crippen molar-refractivity contribution in [2.45, 2.75) is 38.6 Å². The summed E-state index contributed by atoms with van der Waals surface area (Å²) in [4.78, 5) is 19.6. The number of nitrogens with one attached hydrogen (secondary N) is 2. The Morgan fingerprint density at radius 3 is 2.72 bits per heavy atom. The molecule has 32 heavy (non-hydrogen) atoms. The van der Waals surface area contributed by atoms with Gasteiger partial charge in [-0.05, 0) is 74.9 Å². The Labute approximate surface area is 189 Å². The standard InChI is InChI=1S/C25H32N6O/c1-30-23(17-31-11-3-2-4-12-31)22(16-28-30)19-5-6-20-15-27-24(14-21(20)13-19)29-25(32)18-7-9-26-10-8-18/h5-6,13-16,18,26H,2-4,7-12,17H2,1H3,(H,27,29,32). The van der Waals surface area contributed by atoms with Gasteiger partial charge in [0, 0.05) is 36.7 Å². The molecule has 2 aliphatic rings. The van der Waals surface area contributed by atoms with Crippen LogP contribution in [0.15, 0.2) is 36.7 Å². The average Bonchev–Trinajstić information content (AvgIpc) is 3.19. The molecule has 0 radical (unpaired) electrons. The van der Waals surface area contributed by atoms with Gasteiger partial charge in [0.1, 0.15) is 5.82 Å². The number of hydrogen-bond donors (Lipinski definition) is 2. The van der Waals surface area contributed by atoms with Crippen LogP contribution in [0.3, 0.4) is 0 Å². The van der Waals surface area contributed by atoms with Crippen molar-refractivity contribution in [3.8, 4) is 11.1 Å². The van der Waals surface area contributed by atoms with Crippen LogP contribution < -0.4 is 10.6 Å². The van der Waals surface area contributed by atoms with E-state index in [1.165, 1.54) is 30.5 Å². The molecule has 2 aromatic heterocycles. The van der Waals surface area contributed by atoms with Crippen LogP contribution in [0.1, 0.15) is 37.8 Å². The molecule has 0 aliphatic carbocycles. The van der Waals surface area contributed by atoms with Crippen LogP contribution in [0, 0.1) is 5.92 Å². The lowest BCUT2D eigenvalue weighted by Crippen LogP contribution is -2.34. The van der Waals surface area contributed by atoms with Gasteiger partial charge in [-0.25, -0.2) is 4.98 Å². The molecular formula is C25H32N6O. The fourth-order valence-corrected chi connectivity index (χ4v) is 4.91. The van der Waals surface area contributed by atoms with Crippen LogP contribution in [-0.2, 0) is 18.4 Å². The van der Waals surface area contributed by atoms with Crippen LogP contribution in [0.2, 0.25) is 0 Å².